The van der Waals surface area contributed by atoms with Crippen molar-refractivity contribution >= 4 is 28.9 Å². The molecule has 5 heteroatoms. The minimum Gasteiger partial charge on any atom is -1.00 e. The number of rotatable bonds is 3. The zero-order valence-corrected chi connectivity index (χ0v) is 12.5. The van der Waals surface area contributed by atoms with E-state index < -0.39 is 0 Å². The number of anilines is 2. The Kier molecular flexibility index (Phi) is 6.46. The summed E-state index contributed by atoms with van der Waals surface area (Å²) in [6, 6.07) is 7.97. The summed E-state index contributed by atoms with van der Waals surface area (Å²) in [7, 11) is 0. The highest BCUT2D eigenvalue weighted by Crippen LogP contribution is 2.24. The molecule has 1 aromatic rings. The van der Waals surface area contributed by atoms with Crippen LogP contribution in [0.15, 0.2) is 24.3 Å². The van der Waals surface area contributed by atoms with Gasteiger partial charge in [0.1, 0.15) is 5.88 Å². The van der Waals surface area contributed by atoms with Crippen LogP contribution in [0.5, 0.6) is 0 Å². The van der Waals surface area contributed by atoms with Gasteiger partial charge in [0.2, 0.25) is 5.91 Å². The lowest BCUT2D eigenvalue weighted by molar-refractivity contribution is -0.113. The first-order valence-electron chi connectivity index (χ1n) is 6.40. The number of halogens is 2. The molecule has 0 bridgehead atoms. The Hall–Kier alpha value is -0.930. The third-order valence-electron chi connectivity index (χ3n) is 3.42. The number of carbonyl (C=O) groups is 1. The number of nitrogens with one attached hydrogen (secondary N) is 1. The van der Waals surface area contributed by atoms with Crippen LogP contribution in [0.3, 0.4) is 0 Å². The molecule has 0 aliphatic carbocycles. The largest absolute Gasteiger partial charge is 1.00 e. The van der Waals surface area contributed by atoms with Crippen LogP contribution < -0.4 is 22.6 Å². The number of carbonyl (C=O) groups excluding carboxylic acids is 1. The molecular formula is C14H19Cl2N2O-. The van der Waals surface area contributed by atoms with E-state index in [2.05, 4.69) is 29.3 Å². The minimum absolute atomic E-state index is 0. The number of benzene rings is 1. The average Bonchev–Trinajstić information content (AvgIpc) is 2.40. The van der Waals surface area contributed by atoms with Gasteiger partial charge in [-0.3, -0.25) is 4.79 Å². The van der Waals surface area contributed by atoms with E-state index in [0.717, 1.165) is 24.7 Å². The SMILES string of the molecule is CC1CCN(c2ccc(NC(=O)CCl)cc2)CC1.[Cl-]. The van der Waals surface area contributed by atoms with Gasteiger partial charge in [-0.1, -0.05) is 6.92 Å². The predicted molar refractivity (Wildman–Crippen MR) is 76.4 cm³/mol. The summed E-state index contributed by atoms with van der Waals surface area (Å²) in [6.45, 7) is 4.55. The van der Waals surface area contributed by atoms with Crippen LogP contribution in [0.1, 0.15) is 19.8 Å². The van der Waals surface area contributed by atoms with Crippen LogP contribution in [0.25, 0.3) is 0 Å². The Labute approximate surface area is 125 Å². The molecule has 1 aliphatic heterocycles. The highest BCUT2D eigenvalue weighted by molar-refractivity contribution is 6.29. The predicted octanol–water partition coefficient (Wildman–Crippen LogP) is 0.104. The van der Waals surface area contributed by atoms with Crippen molar-refractivity contribution in [3.05, 3.63) is 24.3 Å². The number of nitrogens with zero attached hydrogens (tertiary/aromatic N) is 1. The third-order valence-corrected chi connectivity index (χ3v) is 3.66. The van der Waals surface area contributed by atoms with E-state index in [-0.39, 0.29) is 24.2 Å². The second kappa shape index (κ2) is 7.61. The fourth-order valence-corrected chi connectivity index (χ4v) is 2.28. The van der Waals surface area contributed by atoms with Gasteiger partial charge in [-0.05, 0) is 43.0 Å². The fourth-order valence-electron chi connectivity index (χ4n) is 2.22. The number of hydrogen-bond donors (Lipinski definition) is 1. The molecule has 106 valence electrons. The second-order valence-electron chi connectivity index (χ2n) is 4.90. The Bertz CT molecular complexity index is 400. The van der Waals surface area contributed by atoms with Crippen molar-refractivity contribution in [3.8, 4) is 0 Å². The van der Waals surface area contributed by atoms with Gasteiger partial charge >= 0.3 is 0 Å². The van der Waals surface area contributed by atoms with Gasteiger partial charge in [-0.25, -0.2) is 0 Å². The molecule has 2 rings (SSSR count). The maximum atomic E-state index is 11.2. The topological polar surface area (TPSA) is 32.3 Å². The second-order valence-corrected chi connectivity index (χ2v) is 5.17. The Morgan fingerprint density at radius 2 is 1.89 bits per heavy atom. The van der Waals surface area contributed by atoms with Gasteiger partial charge in [0.15, 0.2) is 0 Å². The summed E-state index contributed by atoms with van der Waals surface area (Å²) in [5.74, 6) is 0.658. The molecule has 1 heterocycles. The van der Waals surface area contributed by atoms with Crippen LogP contribution in [0, 0.1) is 5.92 Å². The molecule has 0 aromatic heterocycles. The molecule has 0 unspecified atom stereocenters. The average molecular weight is 302 g/mol. The highest BCUT2D eigenvalue weighted by atomic mass is 35.5. The molecule has 0 spiro atoms. The number of piperidine rings is 1. The Morgan fingerprint density at radius 3 is 2.42 bits per heavy atom. The summed E-state index contributed by atoms with van der Waals surface area (Å²) < 4.78 is 0. The molecule has 1 saturated heterocycles. The van der Waals surface area contributed by atoms with Crippen LogP contribution in [-0.4, -0.2) is 24.9 Å². The molecule has 1 amide bonds. The summed E-state index contributed by atoms with van der Waals surface area (Å²) in [6.07, 6.45) is 2.51. The highest BCUT2D eigenvalue weighted by Gasteiger charge is 2.15. The van der Waals surface area contributed by atoms with Crippen LogP contribution >= 0.6 is 11.6 Å². The van der Waals surface area contributed by atoms with Gasteiger partial charge in [0, 0.05) is 24.5 Å². The van der Waals surface area contributed by atoms with E-state index in [1.165, 1.54) is 18.5 Å². The molecule has 3 nitrogen and oxygen atoms in total. The van der Waals surface area contributed by atoms with Crippen molar-refractivity contribution in [3.63, 3.8) is 0 Å². The van der Waals surface area contributed by atoms with Gasteiger partial charge in [-0.2, -0.15) is 0 Å². The van der Waals surface area contributed by atoms with Crippen molar-refractivity contribution in [2.24, 2.45) is 5.92 Å². The smallest absolute Gasteiger partial charge is 0.239 e. The summed E-state index contributed by atoms with van der Waals surface area (Å²) >= 11 is 5.45. The lowest BCUT2D eigenvalue weighted by Crippen LogP contribution is -3.00. The summed E-state index contributed by atoms with van der Waals surface area (Å²) in [5.41, 5.74) is 2.03. The summed E-state index contributed by atoms with van der Waals surface area (Å²) in [5, 5.41) is 2.74. The van der Waals surface area contributed by atoms with Crippen molar-refractivity contribution in [1.82, 2.24) is 0 Å². The van der Waals surface area contributed by atoms with E-state index in [1.807, 2.05) is 12.1 Å². The standard InChI is InChI=1S/C14H19ClN2O.ClH/c1-11-6-8-17(9-7-11)13-4-2-12(3-5-13)16-14(18)10-15;/h2-5,11H,6-10H2,1H3,(H,16,18);1H/p-1. The van der Waals surface area contributed by atoms with Crippen LogP contribution in [-0.2, 0) is 4.79 Å². The number of amides is 1. The Morgan fingerprint density at radius 1 is 1.32 bits per heavy atom. The monoisotopic (exact) mass is 301 g/mol. The quantitative estimate of drug-likeness (QED) is 0.804. The van der Waals surface area contributed by atoms with Crippen molar-refractivity contribution < 1.29 is 17.2 Å². The molecule has 0 saturated carbocycles. The normalized spacial score (nSPS) is 15.8. The van der Waals surface area contributed by atoms with E-state index in [4.69, 9.17) is 11.6 Å². The molecule has 1 aromatic carbocycles. The van der Waals surface area contributed by atoms with E-state index in [1.54, 1.807) is 0 Å². The molecule has 1 aliphatic rings. The number of hydrogen-bond acceptors (Lipinski definition) is 2. The third kappa shape index (κ3) is 4.59. The van der Waals surface area contributed by atoms with Crippen molar-refractivity contribution in [2.45, 2.75) is 19.8 Å². The minimum atomic E-state index is -0.170. The van der Waals surface area contributed by atoms with E-state index in [9.17, 15) is 4.79 Å². The van der Waals surface area contributed by atoms with Gasteiger partial charge in [-0.15, -0.1) is 11.6 Å². The Balaban J connectivity index is 0.00000180. The zero-order chi connectivity index (χ0) is 13.0. The molecule has 0 radical (unpaired) electrons. The zero-order valence-electron chi connectivity index (χ0n) is 11.0. The molecule has 0 atom stereocenters. The molecular weight excluding hydrogens is 283 g/mol. The summed E-state index contributed by atoms with van der Waals surface area (Å²) in [4.78, 5) is 13.5. The van der Waals surface area contributed by atoms with Gasteiger partial charge in [0.25, 0.3) is 0 Å². The van der Waals surface area contributed by atoms with Crippen molar-refractivity contribution in [2.75, 3.05) is 29.2 Å². The van der Waals surface area contributed by atoms with E-state index in [0.29, 0.717) is 0 Å². The maximum Gasteiger partial charge on any atom is 0.239 e. The lowest BCUT2D eigenvalue weighted by Gasteiger charge is -2.32. The van der Waals surface area contributed by atoms with Gasteiger partial charge in [0.05, 0.1) is 0 Å². The first-order valence-corrected chi connectivity index (χ1v) is 6.93. The van der Waals surface area contributed by atoms with Gasteiger partial charge < -0.3 is 22.6 Å². The lowest BCUT2D eigenvalue weighted by atomic mass is 9.99. The maximum absolute atomic E-state index is 11.2. The van der Waals surface area contributed by atoms with Crippen molar-refractivity contribution in [1.29, 1.82) is 0 Å². The van der Waals surface area contributed by atoms with Crippen LogP contribution in [0.4, 0.5) is 11.4 Å². The first kappa shape index (κ1) is 16.1. The molecule has 1 N–H and O–H groups in total. The first-order chi connectivity index (χ1) is 8.69. The van der Waals surface area contributed by atoms with E-state index >= 15 is 0 Å². The number of alkyl halides is 1. The fraction of sp³-hybridized carbons (Fsp3) is 0.500. The molecule has 1 fully saturated rings. The van der Waals surface area contributed by atoms with Crippen LogP contribution in [0.2, 0.25) is 0 Å². The molecule has 19 heavy (non-hydrogen) atoms.